The number of aryl methyl sites for hydroxylation is 1. The first-order valence-corrected chi connectivity index (χ1v) is 11.5. The number of likely N-dealkylation sites (tertiary alicyclic amines) is 1. The van der Waals surface area contributed by atoms with Crippen molar-refractivity contribution in [2.75, 3.05) is 20.2 Å². The Morgan fingerprint density at radius 2 is 2.06 bits per heavy atom. The van der Waals surface area contributed by atoms with Crippen molar-refractivity contribution in [3.8, 4) is 5.75 Å². The molecule has 2 fully saturated rings. The van der Waals surface area contributed by atoms with Crippen molar-refractivity contribution >= 4 is 16.9 Å². The van der Waals surface area contributed by atoms with Gasteiger partial charge in [0.05, 0.1) is 12.7 Å². The van der Waals surface area contributed by atoms with Crippen LogP contribution in [0, 0.1) is 6.92 Å². The fourth-order valence-electron chi connectivity index (χ4n) is 5.72. The first kappa shape index (κ1) is 21.0. The Hall–Kier alpha value is -2.83. The number of piperidine rings is 1. The van der Waals surface area contributed by atoms with Gasteiger partial charge in [0.1, 0.15) is 5.75 Å². The minimum atomic E-state index is -0.884. The van der Waals surface area contributed by atoms with Crippen LogP contribution in [0.4, 0.5) is 0 Å². The third-order valence-electron chi connectivity index (χ3n) is 7.47. The van der Waals surface area contributed by atoms with Crippen molar-refractivity contribution in [3.05, 3.63) is 64.8 Å². The summed E-state index contributed by atoms with van der Waals surface area (Å²) >= 11 is 0. The molecule has 2 aliphatic rings. The van der Waals surface area contributed by atoms with Gasteiger partial charge in [-0.25, -0.2) is 4.79 Å². The molecule has 168 valence electrons. The summed E-state index contributed by atoms with van der Waals surface area (Å²) in [7, 11) is 1.74. The fourth-order valence-corrected chi connectivity index (χ4v) is 5.72. The Bertz CT molecular complexity index is 1130. The molecule has 3 heterocycles. The molecule has 3 aromatic rings. The van der Waals surface area contributed by atoms with E-state index in [1.165, 1.54) is 34.9 Å². The number of carboxylic acids is 1. The maximum absolute atomic E-state index is 11.4. The van der Waals surface area contributed by atoms with Crippen LogP contribution in [0.5, 0.6) is 5.75 Å². The number of aromatic carboxylic acids is 1. The molecule has 0 radical (unpaired) electrons. The number of hydrogen-bond donors (Lipinski definition) is 3. The lowest BCUT2D eigenvalue weighted by molar-refractivity contribution is 0.0695. The van der Waals surface area contributed by atoms with Crippen LogP contribution < -0.4 is 10.1 Å². The van der Waals surface area contributed by atoms with Gasteiger partial charge in [-0.05, 0) is 74.5 Å². The Morgan fingerprint density at radius 3 is 2.75 bits per heavy atom. The zero-order valence-corrected chi connectivity index (χ0v) is 18.8. The van der Waals surface area contributed by atoms with Crippen molar-refractivity contribution in [1.29, 1.82) is 0 Å². The summed E-state index contributed by atoms with van der Waals surface area (Å²) in [5, 5.41) is 14.3. The molecule has 1 spiro atoms. The highest BCUT2D eigenvalue weighted by molar-refractivity contribution is 5.88. The number of nitrogens with one attached hydrogen (secondary N) is 2. The summed E-state index contributed by atoms with van der Waals surface area (Å²) in [6.07, 6.45) is 6.59. The number of aromatic amines is 1. The average Bonchev–Trinajstić information content (AvgIpc) is 3.47. The van der Waals surface area contributed by atoms with Gasteiger partial charge in [0.15, 0.2) is 0 Å². The highest BCUT2D eigenvalue weighted by Crippen LogP contribution is 2.43. The molecule has 2 aromatic carbocycles. The Labute approximate surface area is 188 Å². The number of rotatable bonds is 5. The Balaban J connectivity index is 1.52. The molecule has 5 rings (SSSR count). The van der Waals surface area contributed by atoms with E-state index in [0.717, 1.165) is 43.7 Å². The molecule has 1 unspecified atom stereocenters. The average molecular weight is 434 g/mol. The van der Waals surface area contributed by atoms with Gasteiger partial charge in [-0.3, -0.25) is 4.90 Å². The van der Waals surface area contributed by atoms with Crippen LogP contribution in [0.2, 0.25) is 0 Å². The summed E-state index contributed by atoms with van der Waals surface area (Å²) in [6.45, 7) is 4.97. The Kier molecular flexibility index (Phi) is 5.43. The van der Waals surface area contributed by atoms with Gasteiger partial charge in [-0.2, -0.15) is 0 Å². The highest BCUT2D eigenvalue weighted by Gasteiger charge is 2.42. The first-order chi connectivity index (χ1) is 15.5. The zero-order valence-electron chi connectivity index (χ0n) is 18.8. The number of carboxylic acid groups (broad SMARTS) is 1. The van der Waals surface area contributed by atoms with Crippen LogP contribution in [-0.2, 0) is 6.54 Å². The minimum Gasteiger partial charge on any atom is -0.496 e. The number of nitrogens with zero attached hydrogens (tertiary/aromatic N) is 1. The number of H-pyrrole nitrogens is 1. The van der Waals surface area contributed by atoms with Crippen LogP contribution in [-0.4, -0.2) is 46.7 Å². The lowest BCUT2D eigenvalue weighted by Gasteiger charge is -2.46. The van der Waals surface area contributed by atoms with Crippen LogP contribution in [0.25, 0.3) is 10.9 Å². The van der Waals surface area contributed by atoms with Gasteiger partial charge >= 0.3 is 5.97 Å². The predicted molar refractivity (Wildman–Crippen MR) is 125 cm³/mol. The SMILES string of the molecule is COc1cc(C)c2[nH]ccc2c1CN1CCC2(CCCN2)C[C@H]1c1ccc(C(=O)O)cc1. The molecule has 0 saturated carbocycles. The predicted octanol–water partition coefficient (Wildman–Crippen LogP) is 4.64. The van der Waals surface area contributed by atoms with Crippen LogP contribution in [0.3, 0.4) is 0 Å². The van der Waals surface area contributed by atoms with E-state index in [1.54, 1.807) is 19.2 Å². The summed E-state index contributed by atoms with van der Waals surface area (Å²) < 4.78 is 5.80. The summed E-state index contributed by atoms with van der Waals surface area (Å²) in [6, 6.07) is 11.9. The smallest absolute Gasteiger partial charge is 0.335 e. The van der Waals surface area contributed by atoms with E-state index < -0.39 is 5.97 Å². The third kappa shape index (κ3) is 3.67. The second-order valence-corrected chi connectivity index (χ2v) is 9.32. The molecule has 2 saturated heterocycles. The summed E-state index contributed by atoms with van der Waals surface area (Å²) in [5.41, 5.74) is 5.25. The van der Waals surface area contributed by atoms with Gasteiger partial charge in [-0.15, -0.1) is 0 Å². The number of methoxy groups -OCH3 is 1. The van der Waals surface area contributed by atoms with Crippen molar-refractivity contribution in [2.45, 2.75) is 50.7 Å². The van der Waals surface area contributed by atoms with Gasteiger partial charge < -0.3 is 20.1 Å². The number of ether oxygens (including phenoxy) is 1. The third-order valence-corrected chi connectivity index (χ3v) is 7.47. The van der Waals surface area contributed by atoms with E-state index in [9.17, 15) is 9.90 Å². The van der Waals surface area contributed by atoms with Crippen LogP contribution in [0.15, 0.2) is 42.6 Å². The molecule has 3 N–H and O–H groups in total. The normalized spacial score (nSPS) is 23.8. The van der Waals surface area contributed by atoms with Crippen molar-refractivity contribution in [3.63, 3.8) is 0 Å². The number of hydrogen-bond acceptors (Lipinski definition) is 4. The number of fused-ring (bicyclic) bond motifs is 1. The zero-order chi connectivity index (χ0) is 22.3. The molecule has 2 atom stereocenters. The van der Waals surface area contributed by atoms with E-state index in [2.05, 4.69) is 34.3 Å². The molecule has 0 amide bonds. The molecule has 0 aliphatic carbocycles. The quantitative estimate of drug-likeness (QED) is 0.546. The second-order valence-electron chi connectivity index (χ2n) is 9.32. The van der Waals surface area contributed by atoms with Gasteiger partial charge in [-0.1, -0.05) is 12.1 Å². The van der Waals surface area contributed by atoms with Crippen molar-refractivity contribution in [1.82, 2.24) is 15.2 Å². The molecular formula is C26H31N3O3. The summed E-state index contributed by atoms with van der Waals surface area (Å²) in [4.78, 5) is 17.3. The van der Waals surface area contributed by atoms with E-state index >= 15 is 0 Å². The molecular weight excluding hydrogens is 402 g/mol. The maximum Gasteiger partial charge on any atom is 0.335 e. The molecule has 32 heavy (non-hydrogen) atoms. The number of benzene rings is 2. The summed E-state index contributed by atoms with van der Waals surface area (Å²) in [5.74, 6) is 0.0408. The molecule has 6 nitrogen and oxygen atoms in total. The monoisotopic (exact) mass is 433 g/mol. The molecule has 1 aromatic heterocycles. The first-order valence-electron chi connectivity index (χ1n) is 11.5. The topological polar surface area (TPSA) is 77.6 Å². The number of carbonyl (C=O) groups is 1. The standard InChI is InChI=1S/C26H31N3O3/c1-17-14-23(32-2)21(20-8-12-27-24(17)20)16-29-13-10-26(9-3-11-28-26)15-22(29)18-4-6-19(7-5-18)25(30)31/h4-8,12,14,22,27-28H,3,9-11,13,15-16H2,1-2H3,(H,30,31)/t22-,26?/m0/s1. The fraction of sp³-hybridized carbons (Fsp3) is 0.423. The number of aromatic nitrogens is 1. The van der Waals surface area contributed by atoms with E-state index in [4.69, 9.17) is 4.74 Å². The van der Waals surface area contributed by atoms with Crippen molar-refractivity contribution < 1.29 is 14.6 Å². The molecule has 6 heteroatoms. The minimum absolute atomic E-state index is 0.188. The Morgan fingerprint density at radius 1 is 1.25 bits per heavy atom. The van der Waals surface area contributed by atoms with E-state index in [1.807, 2.05) is 18.3 Å². The highest BCUT2D eigenvalue weighted by atomic mass is 16.5. The molecule has 0 bridgehead atoms. The van der Waals surface area contributed by atoms with E-state index in [0.29, 0.717) is 5.56 Å². The van der Waals surface area contributed by atoms with Gasteiger partial charge in [0, 0.05) is 47.3 Å². The lowest BCUT2D eigenvalue weighted by Crippen LogP contribution is -2.51. The second kappa shape index (κ2) is 8.26. The van der Waals surface area contributed by atoms with Crippen LogP contribution in [0.1, 0.15) is 58.8 Å². The van der Waals surface area contributed by atoms with Gasteiger partial charge in [0.2, 0.25) is 0 Å². The lowest BCUT2D eigenvalue weighted by atomic mass is 9.79. The maximum atomic E-state index is 11.4. The van der Waals surface area contributed by atoms with Crippen molar-refractivity contribution in [2.24, 2.45) is 0 Å². The van der Waals surface area contributed by atoms with E-state index in [-0.39, 0.29) is 11.6 Å². The largest absolute Gasteiger partial charge is 0.496 e. The van der Waals surface area contributed by atoms with Crippen LogP contribution >= 0.6 is 0 Å². The molecule has 2 aliphatic heterocycles. The van der Waals surface area contributed by atoms with Gasteiger partial charge in [0.25, 0.3) is 0 Å².